The van der Waals surface area contributed by atoms with E-state index >= 15 is 0 Å². The van der Waals surface area contributed by atoms with Crippen LogP contribution < -0.4 is 0 Å². The first-order chi connectivity index (χ1) is 8.31. The van der Waals surface area contributed by atoms with Crippen LogP contribution in [0.5, 0.6) is 0 Å². The molecule has 0 radical (unpaired) electrons. The van der Waals surface area contributed by atoms with Gasteiger partial charge in [-0.15, -0.1) is 23.1 Å². The summed E-state index contributed by atoms with van der Waals surface area (Å²) in [6.07, 6.45) is 1.26. The number of hydrogen-bond acceptors (Lipinski definition) is 5. The smallest absolute Gasteiger partial charge is 0.147 e. The molecule has 1 aromatic heterocycles. The van der Waals surface area contributed by atoms with E-state index in [9.17, 15) is 0 Å². The van der Waals surface area contributed by atoms with Crippen LogP contribution in [0, 0.1) is 0 Å². The zero-order valence-corrected chi connectivity index (χ0v) is 11.8. The predicted molar refractivity (Wildman–Crippen MR) is 70.8 cm³/mol. The van der Waals surface area contributed by atoms with Crippen molar-refractivity contribution in [2.24, 2.45) is 0 Å². The third kappa shape index (κ3) is 3.69. The monoisotopic (exact) mass is 274 g/mol. The van der Waals surface area contributed by atoms with Gasteiger partial charge < -0.3 is 14.2 Å². The Labute approximate surface area is 110 Å². The van der Waals surface area contributed by atoms with Crippen LogP contribution in [0.25, 0.3) is 0 Å². The Morgan fingerprint density at radius 1 is 1.41 bits per heavy atom. The fourth-order valence-electron chi connectivity index (χ4n) is 1.79. The summed E-state index contributed by atoms with van der Waals surface area (Å²) in [5.74, 6) is 0. The largest absolute Gasteiger partial charge is 0.382 e. The highest BCUT2D eigenvalue weighted by Crippen LogP contribution is 2.44. The highest BCUT2D eigenvalue weighted by Gasteiger charge is 2.26. The molecule has 0 saturated heterocycles. The van der Waals surface area contributed by atoms with Crippen molar-refractivity contribution in [3.8, 4) is 0 Å². The van der Waals surface area contributed by atoms with Crippen LogP contribution in [0.15, 0.2) is 16.3 Å². The summed E-state index contributed by atoms with van der Waals surface area (Å²) in [5.41, 5.74) is 0. The lowest BCUT2D eigenvalue weighted by Crippen LogP contribution is -2.16. The molecule has 3 nitrogen and oxygen atoms in total. The topological polar surface area (TPSA) is 27.7 Å². The van der Waals surface area contributed by atoms with Gasteiger partial charge >= 0.3 is 0 Å². The molecule has 1 aliphatic rings. The molecule has 0 bridgehead atoms. The molecule has 0 aromatic carbocycles. The van der Waals surface area contributed by atoms with Crippen molar-refractivity contribution in [1.29, 1.82) is 0 Å². The number of fused-ring (bicyclic) bond motifs is 1. The molecule has 2 heterocycles. The minimum atomic E-state index is 0.198. The lowest BCUT2D eigenvalue weighted by molar-refractivity contribution is -0.101. The van der Waals surface area contributed by atoms with E-state index in [1.54, 1.807) is 18.4 Å². The van der Waals surface area contributed by atoms with Crippen molar-refractivity contribution in [3.63, 3.8) is 0 Å². The summed E-state index contributed by atoms with van der Waals surface area (Å²) in [7, 11) is 1.67. The predicted octanol–water partition coefficient (Wildman–Crippen LogP) is 3.31. The highest BCUT2D eigenvalue weighted by atomic mass is 32.2. The molecule has 0 aliphatic carbocycles. The summed E-state index contributed by atoms with van der Waals surface area (Å²) in [4.78, 5) is 2.72. The van der Waals surface area contributed by atoms with E-state index in [0.717, 1.165) is 6.42 Å². The Bertz CT molecular complexity index is 340. The van der Waals surface area contributed by atoms with Gasteiger partial charge in [-0.3, -0.25) is 0 Å². The average Bonchev–Trinajstić information content (AvgIpc) is 2.76. The van der Waals surface area contributed by atoms with Crippen LogP contribution >= 0.6 is 23.1 Å². The van der Waals surface area contributed by atoms with Crippen LogP contribution in [-0.4, -0.2) is 32.4 Å². The molecule has 2 unspecified atom stereocenters. The van der Waals surface area contributed by atoms with Crippen molar-refractivity contribution < 1.29 is 14.2 Å². The zero-order chi connectivity index (χ0) is 12.1. The summed E-state index contributed by atoms with van der Waals surface area (Å²) in [6.45, 7) is 3.80. The molecule has 0 spiro atoms. The van der Waals surface area contributed by atoms with Crippen molar-refractivity contribution in [3.05, 3.63) is 16.3 Å². The van der Waals surface area contributed by atoms with Crippen molar-refractivity contribution in [1.82, 2.24) is 0 Å². The third-order valence-corrected chi connectivity index (χ3v) is 4.95. The molecule has 0 amide bonds. The minimum Gasteiger partial charge on any atom is -0.382 e. The van der Waals surface area contributed by atoms with Gasteiger partial charge in [0.1, 0.15) is 6.79 Å². The van der Waals surface area contributed by atoms with E-state index in [4.69, 9.17) is 14.2 Å². The fraction of sp³-hybridized carbons (Fsp3) is 0.667. The Hall–Kier alpha value is -0.0700. The molecule has 5 heteroatoms. The minimum absolute atomic E-state index is 0.198. The van der Waals surface area contributed by atoms with Gasteiger partial charge in [-0.25, -0.2) is 0 Å². The first-order valence-corrected chi connectivity index (χ1v) is 7.49. The molecule has 1 aliphatic heterocycles. The van der Waals surface area contributed by atoms with Gasteiger partial charge in [-0.05, 0) is 17.9 Å². The average molecular weight is 274 g/mol. The Kier molecular flexibility index (Phi) is 5.31. The molecular weight excluding hydrogens is 256 g/mol. The molecule has 2 rings (SSSR count). The summed E-state index contributed by atoms with van der Waals surface area (Å²) in [5, 5.41) is 2.75. The lowest BCUT2D eigenvalue weighted by Gasteiger charge is -2.26. The molecule has 17 heavy (non-hydrogen) atoms. The van der Waals surface area contributed by atoms with Crippen molar-refractivity contribution in [2.75, 3.05) is 27.1 Å². The van der Waals surface area contributed by atoms with Gasteiger partial charge in [0.2, 0.25) is 0 Å². The maximum Gasteiger partial charge on any atom is 0.147 e. The molecule has 0 N–H and O–H groups in total. The normalized spacial score (nSPS) is 23.6. The van der Waals surface area contributed by atoms with E-state index in [-0.39, 0.29) is 6.10 Å². The number of rotatable bonds is 6. The Morgan fingerprint density at radius 3 is 3.12 bits per heavy atom. The van der Waals surface area contributed by atoms with Crippen molar-refractivity contribution in [2.45, 2.75) is 29.6 Å². The summed E-state index contributed by atoms with van der Waals surface area (Å²) in [6, 6.07) is 2.18. The first kappa shape index (κ1) is 13.4. The third-order valence-electron chi connectivity index (χ3n) is 2.61. The Morgan fingerprint density at radius 2 is 2.29 bits per heavy atom. The number of thiophene rings is 1. The van der Waals surface area contributed by atoms with Crippen LogP contribution in [0.4, 0.5) is 0 Å². The standard InChI is InChI=1S/C12H18O3S2/c1-9-7-10(15-8-14-5-4-13-2)12-11(17-9)3-6-16-12/h3,6,9-10H,4-5,7-8H2,1-2H3. The lowest BCUT2D eigenvalue weighted by atomic mass is 10.1. The molecule has 1 aromatic rings. The summed E-state index contributed by atoms with van der Waals surface area (Å²) < 4.78 is 16.1. The highest BCUT2D eigenvalue weighted by molar-refractivity contribution is 8.00. The van der Waals surface area contributed by atoms with Gasteiger partial charge in [0.05, 0.1) is 19.3 Å². The first-order valence-electron chi connectivity index (χ1n) is 5.73. The van der Waals surface area contributed by atoms with E-state index < -0.39 is 0 Å². The van der Waals surface area contributed by atoms with Gasteiger partial charge in [-0.2, -0.15) is 0 Å². The summed E-state index contributed by atoms with van der Waals surface area (Å²) >= 11 is 3.72. The number of ether oxygens (including phenoxy) is 3. The molecular formula is C12H18O3S2. The van der Waals surface area contributed by atoms with E-state index in [1.807, 2.05) is 11.8 Å². The van der Waals surface area contributed by atoms with E-state index in [1.165, 1.54) is 9.77 Å². The van der Waals surface area contributed by atoms with Gasteiger partial charge in [-0.1, -0.05) is 6.92 Å². The zero-order valence-electron chi connectivity index (χ0n) is 10.2. The van der Waals surface area contributed by atoms with E-state index in [0.29, 0.717) is 25.3 Å². The second kappa shape index (κ2) is 6.75. The number of hydrogen-bond donors (Lipinski definition) is 0. The number of thioether (sulfide) groups is 1. The van der Waals surface area contributed by atoms with Crippen molar-refractivity contribution >= 4 is 23.1 Å². The van der Waals surface area contributed by atoms with Gasteiger partial charge in [0, 0.05) is 22.1 Å². The van der Waals surface area contributed by atoms with Crippen LogP contribution in [-0.2, 0) is 14.2 Å². The quantitative estimate of drug-likeness (QED) is 0.587. The molecule has 96 valence electrons. The SMILES string of the molecule is COCCOCOC1CC(C)Sc2ccsc21. The maximum absolute atomic E-state index is 5.80. The Balaban J connectivity index is 1.81. The molecule has 2 atom stereocenters. The fourth-order valence-corrected chi connectivity index (χ4v) is 4.11. The van der Waals surface area contributed by atoms with Gasteiger partial charge in [0.15, 0.2) is 0 Å². The van der Waals surface area contributed by atoms with Crippen LogP contribution in [0.3, 0.4) is 0 Å². The van der Waals surface area contributed by atoms with Gasteiger partial charge in [0.25, 0.3) is 0 Å². The van der Waals surface area contributed by atoms with Crippen LogP contribution in [0.2, 0.25) is 0 Å². The second-order valence-corrected chi connectivity index (χ2v) is 6.42. The molecule has 0 fully saturated rings. The maximum atomic E-state index is 5.80. The number of methoxy groups -OCH3 is 1. The molecule has 0 saturated carbocycles. The van der Waals surface area contributed by atoms with E-state index in [2.05, 4.69) is 18.4 Å². The second-order valence-electron chi connectivity index (χ2n) is 3.99. The van der Waals surface area contributed by atoms with Crippen LogP contribution in [0.1, 0.15) is 24.3 Å².